The summed E-state index contributed by atoms with van der Waals surface area (Å²) in [5.41, 5.74) is 3.45. The number of aromatic nitrogens is 1. The van der Waals surface area contributed by atoms with Gasteiger partial charge >= 0.3 is 5.97 Å². The average molecular weight is 399 g/mol. The summed E-state index contributed by atoms with van der Waals surface area (Å²) in [6.07, 6.45) is 2.29. The molecule has 6 nitrogen and oxygen atoms in total. The third-order valence-electron chi connectivity index (χ3n) is 5.77. The van der Waals surface area contributed by atoms with E-state index in [4.69, 9.17) is 4.74 Å². The van der Waals surface area contributed by atoms with Crippen LogP contribution in [-0.4, -0.2) is 54.1 Å². The highest BCUT2D eigenvalue weighted by Gasteiger charge is 2.29. The Bertz CT molecular complexity index is 910. The molecular formula is C22H26FN3O3. The van der Waals surface area contributed by atoms with Crippen LogP contribution >= 0.6 is 0 Å². The number of piperazine rings is 1. The van der Waals surface area contributed by atoms with E-state index in [9.17, 15) is 14.0 Å². The van der Waals surface area contributed by atoms with Crippen molar-refractivity contribution < 1.29 is 18.7 Å². The van der Waals surface area contributed by atoms with E-state index in [0.29, 0.717) is 37.8 Å². The fourth-order valence-corrected chi connectivity index (χ4v) is 4.04. The number of anilines is 1. The largest absolute Gasteiger partial charge is 0.452 e. The predicted molar refractivity (Wildman–Crippen MR) is 108 cm³/mol. The fourth-order valence-electron chi connectivity index (χ4n) is 4.04. The van der Waals surface area contributed by atoms with E-state index < -0.39 is 5.97 Å². The lowest BCUT2D eigenvalue weighted by atomic mass is 10.2. The average Bonchev–Trinajstić information content (AvgIpc) is 3.51. The third kappa shape index (κ3) is 4.13. The Morgan fingerprint density at radius 2 is 1.72 bits per heavy atom. The van der Waals surface area contributed by atoms with Crippen molar-refractivity contribution in [3.8, 4) is 0 Å². The lowest BCUT2D eigenvalue weighted by Crippen LogP contribution is -2.49. The zero-order chi connectivity index (χ0) is 20.5. The molecule has 2 aliphatic rings. The van der Waals surface area contributed by atoms with Gasteiger partial charge in [0.25, 0.3) is 5.91 Å². The van der Waals surface area contributed by atoms with Gasteiger partial charge in [-0.3, -0.25) is 4.79 Å². The van der Waals surface area contributed by atoms with Crippen molar-refractivity contribution in [1.82, 2.24) is 9.47 Å². The minimum atomic E-state index is -0.441. The molecular weight excluding hydrogens is 373 g/mol. The fraction of sp³-hybridized carbons (Fsp3) is 0.455. The number of nitrogens with zero attached hydrogens (tertiary/aromatic N) is 3. The molecule has 154 valence electrons. The van der Waals surface area contributed by atoms with E-state index in [1.807, 2.05) is 19.9 Å². The van der Waals surface area contributed by atoms with Crippen LogP contribution in [0.5, 0.6) is 0 Å². The molecule has 1 aromatic carbocycles. The maximum atomic E-state index is 13.1. The molecule has 0 bridgehead atoms. The Morgan fingerprint density at radius 3 is 2.34 bits per heavy atom. The zero-order valence-corrected chi connectivity index (χ0v) is 16.9. The SMILES string of the molecule is Cc1cc(C(=O)OCC(=O)N2CCN(c3ccc(F)cc3)CC2)c(C)n1C1CC1. The molecule has 0 spiro atoms. The highest BCUT2D eigenvalue weighted by Crippen LogP contribution is 2.38. The molecule has 2 heterocycles. The number of hydrogen-bond acceptors (Lipinski definition) is 4. The molecule has 7 heteroatoms. The van der Waals surface area contributed by atoms with Crippen LogP contribution in [0, 0.1) is 19.7 Å². The zero-order valence-electron chi connectivity index (χ0n) is 16.9. The molecule has 1 saturated carbocycles. The van der Waals surface area contributed by atoms with Crippen molar-refractivity contribution in [2.45, 2.75) is 32.7 Å². The molecule has 4 rings (SSSR count). The van der Waals surface area contributed by atoms with Crippen LogP contribution in [-0.2, 0) is 9.53 Å². The smallest absolute Gasteiger partial charge is 0.340 e. The summed E-state index contributed by atoms with van der Waals surface area (Å²) < 4.78 is 20.6. The van der Waals surface area contributed by atoms with Crippen LogP contribution in [0.3, 0.4) is 0 Å². The molecule has 2 aromatic rings. The number of ether oxygens (including phenoxy) is 1. The second-order valence-corrected chi connectivity index (χ2v) is 7.81. The van der Waals surface area contributed by atoms with Gasteiger partial charge < -0.3 is 19.1 Å². The van der Waals surface area contributed by atoms with Gasteiger partial charge in [-0.1, -0.05) is 0 Å². The molecule has 2 fully saturated rings. The second-order valence-electron chi connectivity index (χ2n) is 7.81. The van der Waals surface area contributed by atoms with Gasteiger partial charge in [0, 0.05) is 49.3 Å². The number of esters is 1. The van der Waals surface area contributed by atoms with Crippen LogP contribution < -0.4 is 4.90 Å². The first kappa shape index (κ1) is 19.5. The van der Waals surface area contributed by atoms with E-state index in [2.05, 4.69) is 9.47 Å². The molecule has 0 atom stereocenters. The van der Waals surface area contributed by atoms with E-state index >= 15 is 0 Å². The molecule has 29 heavy (non-hydrogen) atoms. The topological polar surface area (TPSA) is 54.8 Å². The Kier molecular flexibility index (Phi) is 5.30. The summed E-state index contributed by atoms with van der Waals surface area (Å²) in [5, 5.41) is 0. The highest BCUT2D eigenvalue weighted by atomic mass is 19.1. The number of hydrogen-bond donors (Lipinski definition) is 0. The van der Waals surface area contributed by atoms with E-state index in [1.165, 1.54) is 12.1 Å². The second kappa shape index (κ2) is 7.89. The Hall–Kier alpha value is -2.83. The summed E-state index contributed by atoms with van der Waals surface area (Å²) in [5.74, 6) is -0.890. The van der Waals surface area contributed by atoms with Crippen LogP contribution in [0.15, 0.2) is 30.3 Å². The first-order valence-corrected chi connectivity index (χ1v) is 10.1. The van der Waals surface area contributed by atoms with Crippen molar-refractivity contribution in [3.05, 3.63) is 53.1 Å². The molecule has 1 aliphatic carbocycles. The lowest BCUT2D eigenvalue weighted by molar-refractivity contribution is -0.134. The van der Waals surface area contributed by atoms with Crippen LogP contribution in [0.25, 0.3) is 0 Å². The van der Waals surface area contributed by atoms with Crippen molar-refractivity contribution in [2.75, 3.05) is 37.7 Å². The third-order valence-corrected chi connectivity index (χ3v) is 5.77. The minimum absolute atomic E-state index is 0.187. The maximum absolute atomic E-state index is 13.1. The quantitative estimate of drug-likeness (QED) is 0.725. The number of rotatable bonds is 5. The van der Waals surface area contributed by atoms with E-state index in [0.717, 1.165) is 29.9 Å². The molecule has 0 radical (unpaired) electrons. The number of benzene rings is 1. The molecule has 0 unspecified atom stereocenters. The van der Waals surface area contributed by atoms with Crippen LogP contribution in [0.4, 0.5) is 10.1 Å². The number of carbonyl (C=O) groups excluding carboxylic acids is 2. The Balaban J connectivity index is 1.29. The molecule has 0 N–H and O–H groups in total. The monoisotopic (exact) mass is 399 g/mol. The lowest BCUT2D eigenvalue weighted by Gasteiger charge is -2.36. The van der Waals surface area contributed by atoms with Crippen molar-refractivity contribution in [1.29, 1.82) is 0 Å². The summed E-state index contributed by atoms with van der Waals surface area (Å²) in [7, 11) is 0. The Labute approximate surface area is 169 Å². The van der Waals surface area contributed by atoms with Crippen molar-refractivity contribution >= 4 is 17.6 Å². The van der Waals surface area contributed by atoms with Crippen molar-refractivity contribution in [3.63, 3.8) is 0 Å². The van der Waals surface area contributed by atoms with Gasteiger partial charge in [-0.05, 0) is 57.0 Å². The first-order valence-electron chi connectivity index (χ1n) is 10.1. The van der Waals surface area contributed by atoms with Gasteiger partial charge in [0.2, 0.25) is 0 Å². The molecule has 1 amide bonds. The summed E-state index contributed by atoms with van der Waals surface area (Å²) in [4.78, 5) is 28.8. The van der Waals surface area contributed by atoms with Gasteiger partial charge in [-0.25, -0.2) is 9.18 Å². The standard InChI is InChI=1S/C22H26FN3O3/c1-15-13-20(16(2)26(15)19-7-8-19)22(28)29-14-21(27)25-11-9-24(10-12-25)18-5-3-17(23)4-6-18/h3-6,13,19H,7-12,14H2,1-2H3. The summed E-state index contributed by atoms with van der Waals surface area (Å²) >= 11 is 0. The minimum Gasteiger partial charge on any atom is -0.452 e. The normalized spacial score (nSPS) is 16.8. The van der Waals surface area contributed by atoms with E-state index in [1.54, 1.807) is 17.0 Å². The Morgan fingerprint density at radius 1 is 1.07 bits per heavy atom. The maximum Gasteiger partial charge on any atom is 0.340 e. The number of halogens is 1. The predicted octanol–water partition coefficient (Wildman–Crippen LogP) is 3.08. The number of carbonyl (C=O) groups is 2. The number of amides is 1. The molecule has 1 aromatic heterocycles. The van der Waals surface area contributed by atoms with Gasteiger partial charge in [-0.2, -0.15) is 0 Å². The van der Waals surface area contributed by atoms with Gasteiger partial charge in [0.05, 0.1) is 5.56 Å². The summed E-state index contributed by atoms with van der Waals surface area (Å²) in [6.45, 7) is 6.09. The van der Waals surface area contributed by atoms with Gasteiger partial charge in [0.15, 0.2) is 6.61 Å². The molecule has 1 aliphatic heterocycles. The first-order chi connectivity index (χ1) is 13.9. The van der Waals surface area contributed by atoms with Crippen LogP contribution in [0.1, 0.15) is 40.6 Å². The van der Waals surface area contributed by atoms with E-state index in [-0.39, 0.29) is 18.3 Å². The van der Waals surface area contributed by atoms with Crippen molar-refractivity contribution in [2.24, 2.45) is 0 Å². The summed E-state index contributed by atoms with van der Waals surface area (Å²) in [6, 6.07) is 8.70. The van der Waals surface area contributed by atoms with Gasteiger partial charge in [0.1, 0.15) is 5.82 Å². The van der Waals surface area contributed by atoms with Gasteiger partial charge in [-0.15, -0.1) is 0 Å². The number of aryl methyl sites for hydroxylation is 1. The highest BCUT2D eigenvalue weighted by molar-refractivity contribution is 5.92. The van der Waals surface area contributed by atoms with Crippen LogP contribution in [0.2, 0.25) is 0 Å². The molecule has 1 saturated heterocycles.